The molecule has 0 fully saturated rings. The van der Waals surface area contributed by atoms with E-state index in [0.29, 0.717) is 25.8 Å². The first kappa shape index (κ1) is 18.2. The van der Waals surface area contributed by atoms with Gasteiger partial charge in [0.1, 0.15) is 0 Å². The van der Waals surface area contributed by atoms with Gasteiger partial charge in [-0.3, -0.25) is 4.79 Å². The summed E-state index contributed by atoms with van der Waals surface area (Å²) >= 11 is 0. The highest BCUT2D eigenvalue weighted by atomic mass is 32.2. The summed E-state index contributed by atoms with van der Waals surface area (Å²) in [5, 5.41) is 2.81. The van der Waals surface area contributed by atoms with Crippen molar-refractivity contribution in [2.45, 2.75) is 24.2 Å². The molecule has 0 aliphatic heterocycles. The third kappa shape index (κ3) is 6.14. The molecule has 0 bridgehead atoms. The summed E-state index contributed by atoms with van der Waals surface area (Å²) < 4.78 is 26.5. The SMILES string of the molecule is O=C(CCc1ccccc1)NCCCNS(=O)(=O)c1ccccc1. The summed E-state index contributed by atoms with van der Waals surface area (Å²) in [6.07, 6.45) is 1.68. The van der Waals surface area contributed by atoms with Crippen molar-refractivity contribution in [2.24, 2.45) is 0 Å². The van der Waals surface area contributed by atoms with E-state index in [-0.39, 0.29) is 17.3 Å². The number of hydrogen-bond acceptors (Lipinski definition) is 3. The first-order chi connectivity index (χ1) is 11.6. The molecule has 0 saturated carbocycles. The van der Waals surface area contributed by atoms with Crippen LogP contribution >= 0.6 is 0 Å². The molecule has 0 aromatic heterocycles. The minimum absolute atomic E-state index is 0.0234. The topological polar surface area (TPSA) is 75.3 Å². The summed E-state index contributed by atoms with van der Waals surface area (Å²) in [5.41, 5.74) is 1.13. The van der Waals surface area contributed by atoms with Crippen molar-refractivity contribution in [2.75, 3.05) is 13.1 Å². The Morgan fingerprint density at radius 2 is 1.50 bits per heavy atom. The molecule has 2 N–H and O–H groups in total. The molecule has 0 atom stereocenters. The van der Waals surface area contributed by atoms with Crippen molar-refractivity contribution in [3.8, 4) is 0 Å². The zero-order valence-corrected chi connectivity index (χ0v) is 14.3. The second-order valence-corrected chi connectivity index (χ2v) is 7.17. The van der Waals surface area contributed by atoms with Crippen molar-refractivity contribution >= 4 is 15.9 Å². The van der Waals surface area contributed by atoms with Crippen LogP contribution in [0.3, 0.4) is 0 Å². The Labute approximate surface area is 143 Å². The van der Waals surface area contributed by atoms with Crippen molar-refractivity contribution in [3.63, 3.8) is 0 Å². The van der Waals surface area contributed by atoms with E-state index >= 15 is 0 Å². The molecule has 2 rings (SSSR count). The molecule has 2 aromatic carbocycles. The van der Waals surface area contributed by atoms with Crippen molar-refractivity contribution in [1.82, 2.24) is 10.0 Å². The molecular weight excluding hydrogens is 324 g/mol. The first-order valence-corrected chi connectivity index (χ1v) is 9.41. The number of rotatable bonds is 9. The van der Waals surface area contributed by atoms with Crippen LogP contribution in [-0.2, 0) is 21.2 Å². The molecule has 0 unspecified atom stereocenters. The van der Waals surface area contributed by atoms with E-state index in [4.69, 9.17) is 0 Å². The molecular formula is C18H22N2O3S. The fourth-order valence-corrected chi connectivity index (χ4v) is 3.29. The third-order valence-corrected chi connectivity index (χ3v) is 4.98. The average molecular weight is 346 g/mol. The molecule has 0 spiro atoms. The Morgan fingerprint density at radius 1 is 0.875 bits per heavy atom. The van der Waals surface area contributed by atoms with Gasteiger partial charge in [0.25, 0.3) is 0 Å². The summed E-state index contributed by atoms with van der Waals surface area (Å²) in [4.78, 5) is 12.0. The van der Waals surface area contributed by atoms with Gasteiger partial charge in [-0.1, -0.05) is 48.5 Å². The van der Waals surface area contributed by atoms with Gasteiger partial charge in [-0.05, 0) is 30.5 Å². The third-order valence-electron chi connectivity index (χ3n) is 3.50. The van der Waals surface area contributed by atoms with Gasteiger partial charge >= 0.3 is 0 Å². The highest BCUT2D eigenvalue weighted by Gasteiger charge is 2.11. The first-order valence-electron chi connectivity index (χ1n) is 7.93. The zero-order chi connectivity index (χ0) is 17.3. The van der Waals surface area contributed by atoms with Crippen molar-refractivity contribution in [3.05, 3.63) is 66.2 Å². The van der Waals surface area contributed by atoms with Crippen LogP contribution in [0.5, 0.6) is 0 Å². The van der Waals surface area contributed by atoms with E-state index < -0.39 is 10.0 Å². The fourth-order valence-electron chi connectivity index (χ4n) is 2.20. The van der Waals surface area contributed by atoms with Gasteiger partial charge < -0.3 is 5.32 Å². The Balaban J connectivity index is 1.62. The van der Waals surface area contributed by atoms with Crippen molar-refractivity contribution < 1.29 is 13.2 Å². The van der Waals surface area contributed by atoms with Crippen LogP contribution < -0.4 is 10.0 Å². The van der Waals surface area contributed by atoms with E-state index in [9.17, 15) is 13.2 Å². The minimum atomic E-state index is -3.47. The molecule has 5 nitrogen and oxygen atoms in total. The molecule has 0 aliphatic carbocycles. The lowest BCUT2D eigenvalue weighted by Crippen LogP contribution is -2.30. The highest BCUT2D eigenvalue weighted by Crippen LogP contribution is 2.06. The van der Waals surface area contributed by atoms with Gasteiger partial charge in [0, 0.05) is 19.5 Å². The molecule has 2 aromatic rings. The molecule has 24 heavy (non-hydrogen) atoms. The monoisotopic (exact) mass is 346 g/mol. The van der Waals surface area contributed by atoms with Gasteiger partial charge in [0.2, 0.25) is 15.9 Å². The normalized spacial score (nSPS) is 11.2. The van der Waals surface area contributed by atoms with Crippen LogP contribution in [-0.4, -0.2) is 27.4 Å². The Morgan fingerprint density at radius 3 is 2.17 bits per heavy atom. The summed E-state index contributed by atoms with van der Waals surface area (Å²) in [6, 6.07) is 18.1. The van der Waals surface area contributed by atoms with Gasteiger partial charge in [0.15, 0.2) is 0 Å². The predicted octanol–water partition coefficient (Wildman–Crippen LogP) is 2.10. The van der Waals surface area contributed by atoms with Crippen LogP contribution in [0.1, 0.15) is 18.4 Å². The van der Waals surface area contributed by atoms with E-state index in [1.807, 2.05) is 30.3 Å². The Kier molecular flexibility index (Phi) is 6.96. The summed E-state index contributed by atoms with van der Waals surface area (Å²) in [7, 11) is -3.47. The number of sulfonamides is 1. The number of aryl methyl sites for hydroxylation is 1. The standard InChI is InChI=1S/C18H22N2O3S/c21-18(13-12-16-8-3-1-4-9-16)19-14-7-15-20-24(22,23)17-10-5-2-6-11-17/h1-6,8-11,20H,7,12-15H2,(H,19,21). The number of carbonyl (C=O) groups is 1. The van der Waals surface area contributed by atoms with Crippen LogP contribution in [0.4, 0.5) is 0 Å². The number of carbonyl (C=O) groups excluding carboxylic acids is 1. The lowest BCUT2D eigenvalue weighted by molar-refractivity contribution is -0.121. The number of nitrogens with one attached hydrogen (secondary N) is 2. The Hall–Kier alpha value is -2.18. The average Bonchev–Trinajstić information content (AvgIpc) is 2.61. The quantitative estimate of drug-likeness (QED) is 0.683. The summed E-state index contributed by atoms with van der Waals surface area (Å²) in [5.74, 6) is -0.0234. The van der Waals surface area contributed by atoms with Crippen LogP contribution in [0.15, 0.2) is 65.6 Å². The number of amides is 1. The van der Waals surface area contributed by atoms with Gasteiger partial charge in [-0.25, -0.2) is 13.1 Å². The molecule has 0 saturated heterocycles. The molecule has 128 valence electrons. The van der Waals surface area contributed by atoms with Crippen LogP contribution in [0.25, 0.3) is 0 Å². The maximum absolute atomic E-state index is 12.0. The molecule has 0 heterocycles. The maximum Gasteiger partial charge on any atom is 0.240 e. The minimum Gasteiger partial charge on any atom is -0.356 e. The fraction of sp³-hybridized carbons (Fsp3) is 0.278. The van der Waals surface area contributed by atoms with E-state index in [1.54, 1.807) is 30.3 Å². The van der Waals surface area contributed by atoms with Gasteiger partial charge in [0.05, 0.1) is 4.90 Å². The van der Waals surface area contributed by atoms with E-state index in [1.165, 1.54) is 0 Å². The largest absolute Gasteiger partial charge is 0.356 e. The predicted molar refractivity (Wildman–Crippen MR) is 94.0 cm³/mol. The molecule has 0 radical (unpaired) electrons. The van der Waals surface area contributed by atoms with Crippen LogP contribution in [0.2, 0.25) is 0 Å². The molecule has 6 heteroatoms. The Bertz CT molecular complexity index is 731. The van der Waals surface area contributed by atoms with Gasteiger partial charge in [-0.2, -0.15) is 0 Å². The van der Waals surface area contributed by atoms with Crippen molar-refractivity contribution in [1.29, 1.82) is 0 Å². The van der Waals surface area contributed by atoms with E-state index in [2.05, 4.69) is 10.0 Å². The number of hydrogen-bond donors (Lipinski definition) is 2. The highest BCUT2D eigenvalue weighted by molar-refractivity contribution is 7.89. The lowest BCUT2D eigenvalue weighted by Gasteiger charge is -2.08. The van der Waals surface area contributed by atoms with Gasteiger partial charge in [-0.15, -0.1) is 0 Å². The zero-order valence-electron chi connectivity index (χ0n) is 13.4. The second kappa shape index (κ2) is 9.20. The molecule has 1 amide bonds. The lowest BCUT2D eigenvalue weighted by atomic mass is 10.1. The van der Waals surface area contributed by atoms with E-state index in [0.717, 1.165) is 5.56 Å². The van der Waals surface area contributed by atoms with Crippen LogP contribution in [0, 0.1) is 0 Å². The maximum atomic E-state index is 12.0. The molecule has 0 aliphatic rings. The number of benzene rings is 2. The smallest absolute Gasteiger partial charge is 0.240 e. The second-order valence-electron chi connectivity index (χ2n) is 5.40. The summed E-state index contributed by atoms with van der Waals surface area (Å²) in [6.45, 7) is 0.737.